The fraction of sp³-hybridized carbons (Fsp3) is 0.486. The minimum absolute atomic E-state index is 0.173. The van der Waals surface area contributed by atoms with Crippen molar-refractivity contribution in [2.45, 2.75) is 92.6 Å². The van der Waals surface area contributed by atoms with Crippen molar-refractivity contribution < 1.29 is 124 Å². The van der Waals surface area contributed by atoms with Crippen molar-refractivity contribution in [1.82, 2.24) is 0 Å². The van der Waals surface area contributed by atoms with E-state index in [4.69, 9.17) is 43.4 Å². The molecule has 330 valence electrons. The summed E-state index contributed by atoms with van der Waals surface area (Å²) in [7, 11) is 0. The zero-order chi connectivity index (χ0) is 44.3. The minimum Gasteiger partial charge on any atom is -0.508 e. The van der Waals surface area contributed by atoms with E-state index in [0.717, 1.165) is 30.3 Å². The summed E-state index contributed by atoms with van der Waals surface area (Å²) < 4.78 is 38.5. The summed E-state index contributed by atoms with van der Waals surface area (Å²) in [4.78, 5) is 45.9. The van der Waals surface area contributed by atoms with Crippen molar-refractivity contribution in [3.63, 3.8) is 0 Å². The van der Waals surface area contributed by atoms with Crippen LogP contribution in [0.5, 0.6) is 34.5 Å². The van der Waals surface area contributed by atoms with Gasteiger partial charge in [-0.1, -0.05) is 0 Å². The number of carbonyl (C=O) groups is 4. The zero-order valence-electron chi connectivity index (χ0n) is 30.5. The molecule has 25 heteroatoms. The maximum Gasteiger partial charge on any atom is 0.335 e. The van der Waals surface area contributed by atoms with Crippen molar-refractivity contribution >= 4 is 30.0 Å². The summed E-state index contributed by atoms with van der Waals surface area (Å²) in [6.45, 7) is -1.77. The van der Waals surface area contributed by atoms with Crippen molar-refractivity contribution in [3.8, 4) is 34.5 Å². The second-order valence-electron chi connectivity index (χ2n) is 13.6. The molecule has 2 saturated heterocycles. The number of hydrogen-bond donors (Lipinski definition) is 14. The molecular weight excluding hydrogens is 820 g/mol. The predicted octanol–water partition coefficient (Wildman–Crippen LogP) is -4.25. The van der Waals surface area contributed by atoms with Gasteiger partial charge in [0.1, 0.15) is 85.1 Å². The highest BCUT2D eigenvalue weighted by molar-refractivity contribution is 5.81. The number of benzene rings is 2. The summed E-state index contributed by atoms with van der Waals surface area (Å²) in [6, 6.07) is 3.80. The van der Waals surface area contributed by atoms with Gasteiger partial charge in [-0.2, -0.15) is 0 Å². The molecule has 13 atom stereocenters. The Balaban J connectivity index is 1.46. The molecule has 0 spiro atoms. The highest BCUT2D eigenvalue weighted by Gasteiger charge is 2.48. The number of aliphatic hydroxyl groups is 8. The molecule has 3 aliphatic rings. The van der Waals surface area contributed by atoms with E-state index >= 15 is 0 Å². The number of phenolic OH excluding ortho intramolecular Hbond substituents is 4. The van der Waals surface area contributed by atoms with E-state index in [-0.39, 0.29) is 16.9 Å². The Bertz CT molecular complexity index is 1930. The van der Waals surface area contributed by atoms with Crippen molar-refractivity contribution in [2.75, 3.05) is 13.2 Å². The van der Waals surface area contributed by atoms with Crippen LogP contribution < -0.4 is 9.47 Å². The van der Waals surface area contributed by atoms with Gasteiger partial charge in [0.25, 0.3) is 0 Å². The Morgan fingerprint density at radius 1 is 0.667 bits per heavy atom. The standard InChI is InChI=1S/C35H40O25/c36-11-3-17-12(18(4-11)57-34-29(49)28(48)26(46)21(60-34)9-55-33(53)16(40)6-22(41)42)5-19(31(56-17)10-1-13(37)24(44)14(38)2-10)58-35-30(50)27(47)25(45)20(59-35)8-54-23(43)7-15(39)32(51)52/h1-5,15-16,20-21,25-31,34-40,44-50H,6-9H2,(H,41,42)(H,51,52)/t15-,16-,20-,21+,25-,26+,27-,28-,29+,30-,31?,34+,35-/m0/s1. The molecule has 2 aromatic rings. The van der Waals surface area contributed by atoms with E-state index < -0.39 is 164 Å². The van der Waals surface area contributed by atoms with Gasteiger partial charge in [-0.05, 0) is 18.2 Å². The maximum absolute atomic E-state index is 12.1. The first-order valence-electron chi connectivity index (χ1n) is 17.5. The van der Waals surface area contributed by atoms with Gasteiger partial charge in [0.2, 0.25) is 12.6 Å². The molecule has 2 aromatic carbocycles. The van der Waals surface area contributed by atoms with Gasteiger partial charge in [-0.15, -0.1) is 0 Å². The Hall–Kier alpha value is -5.74. The Kier molecular flexibility index (Phi) is 14.1. The molecule has 3 aliphatic heterocycles. The summed E-state index contributed by atoms with van der Waals surface area (Å²) in [6.07, 6.45) is -26.2. The summed E-state index contributed by atoms with van der Waals surface area (Å²) in [5.74, 6) is -10.3. The molecule has 3 heterocycles. The molecule has 0 aliphatic carbocycles. The van der Waals surface area contributed by atoms with Crippen LogP contribution in [0, 0.1) is 0 Å². The number of esters is 2. The number of fused-ring (bicyclic) bond motifs is 1. The van der Waals surface area contributed by atoms with E-state index in [1.54, 1.807) is 0 Å². The largest absolute Gasteiger partial charge is 0.508 e. The third kappa shape index (κ3) is 10.2. The fourth-order valence-electron chi connectivity index (χ4n) is 5.98. The van der Waals surface area contributed by atoms with Crippen LogP contribution in [0.2, 0.25) is 0 Å². The first-order valence-corrected chi connectivity index (χ1v) is 17.5. The van der Waals surface area contributed by atoms with Crippen LogP contribution in [0.15, 0.2) is 30.0 Å². The number of carboxylic acids is 2. The number of aromatic hydroxyl groups is 4. The van der Waals surface area contributed by atoms with Gasteiger partial charge in [-0.3, -0.25) is 9.59 Å². The molecule has 1 unspecified atom stereocenters. The van der Waals surface area contributed by atoms with E-state index in [9.17, 15) is 80.5 Å². The predicted molar refractivity (Wildman–Crippen MR) is 184 cm³/mol. The second-order valence-corrected chi connectivity index (χ2v) is 13.6. The Labute approximate surface area is 335 Å². The number of ether oxygens (including phenoxy) is 7. The molecule has 2 fully saturated rings. The lowest BCUT2D eigenvalue weighted by atomic mass is 9.98. The van der Waals surface area contributed by atoms with E-state index in [1.807, 2.05) is 0 Å². The SMILES string of the molecule is O=C(O)C[C@H](O)C(=O)OC[C@H]1O[C@@H](Oc2cc(O)cc3c2C=C(O[C@H]2O[C@@H](COC(=O)C[C@H](O)C(=O)O)[C@H](O)[C@H](O)[C@@H]2O)C(c2cc(O)c(O)c(O)c2)O3)[C@H](O)[C@@H](O)[C@@H]1O. The summed E-state index contributed by atoms with van der Waals surface area (Å²) in [5.41, 5.74) is -0.358. The molecule has 5 rings (SSSR count). The van der Waals surface area contributed by atoms with Crippen molar-refractivity contribution in [3.05, 3.63) is 41.2 Å². The normalized spacial score (nSPS) is 29.7. The number of carbonyl (C=O) groups excluding carboxylic acids is 2. The Morgan fingerprint density at radius 3 is 1.77 bits per heavy atom. The van der Waals surface area contributed by atoms with E-state index in [2.05, 4.69) is 0 Å². The van der Waals surface area contributed by atoms with Crippen LogP contribution in [0.25, 0.3) is 6.08 Å². The number of carboxylic acid groups (broad SMARTS) is 2. The lowest BCUT2D eigenvalue weighted by molar-refractivity contribution is -0.294. The minimum atomic E-state index is -2.13. The first kappa shape index (κ1) is 45.3. The number of phenols is 4. The smallest absolute Gasteiger partial charge is 0.335 e. The highest BCUT2D eigenvalue weighted by atomic mass is 16.7. The molecule has 0 radical (unpaired) electrons. The van der Waals surface area contributed by atoms with E-state index in [1.165, 1.54) is 0 Å². The molecule has 25 nitrogen and oxygen atoms in total. The zero-order valence-corrected chi connectivity index (χ0v) is 30.5. The number of hydrogen-bond acceptors (Lipinski definition) is 23. The van der Waals surface area contributed by atoms with Crippen LogP contribution in [-0.4, -0.2) is 182 Å². The van der Waals surface area contributed by atoms with Gasteiger partial charge in [-0.25, -0.2) is 9.59 Å². The van der Waals surface area contributed by atoms with Crippen LogP contribution in [0.1, 0.15) is 30.1 Å². The molecular formula is C35H40O25. The van der Waals surface area contributed by atoms with Gasteiger partial charge in [0.05, 0.1) is 18.4 Å². The van der Waals surface area contributed by atoms with Crippen molar-refractivity contribution in [2.24, 2.45) is 0 Å². The third-order valence-electron chi connectivity index (χ3n) is 9.19. The molecule has 60 heavy (non-hydrogen) atoms. The average Bonchev–Trinajstić information content (AvgIpc) is 3.18. The molecule has 0 saturated carbocycles. The highest BCUT2D eigenvalue weighted by Crippen LogP contribution is 2.48. The quantitative estimate of drug-likeness (QED) is 0.0595. The molecule has 0 bridgehead atoms. The average molecular weight is 861 g/mol. The van der Waals surface area contributed by atoms with Crippen LogP contribution in [0.4, 0.5) is 0 Å². The van der Waals surface area contributed by atoms with Gasteiger partial charge in [0.15, 0.2) is 35.6 Å². The fourth-order valence-corrected chi connectivity index (χ4v) is 5.98. The summed E-state index contributed by atoms with van der Waals surface area (Å²) in [5, 5.41) is 142. The second kappa shape index (κ2) is 18.7. The molecule has 14 N–H and O–H groups in total. The maximum atomic E-state index is 12.1. The third-order valence-corrected chi connectivity index (χ3v) is 9.19. The molecule has 0 aromatic heterocycles. The van der Waals surface area contributed by atoms with Gasteiger partial charge < -0.3 is 105 Å². The lowest BCUT2D eigenvalue weighted by Gasteiger charge is -2.41. The summed E-state index contributed by atoms with van der Waals surface area (Å²) >= 11 is 0. The molecule has 0 amide bonds. The monoisotopic (exact) mass is 860 g/mol. The van der Waals surface area contributed by atoms with Crippen LogP contribution in [-0.2, 0) is 42.9 Å². The van der Waals surface area contributed by atoms with Crippen molar-refractivity contribution in [1.29, 1.82) is 0 Å². The Morgan fingerprint density at radius 2 is 1.22 bits per heavy atom. The van der Waals surface area contributed by atoms with Crippen LogP contribution in [0.3, 0.4) is 0 Å². The number of aliphatic carboxylic acids is 2. The topological polar surface area (TPSA) is 416 Å². The van der Waals surface area contributed by atoms with Crippen LogP contribution >= 0.6 is 0 Å². The van der Waals surface area contributed by atoms with Gasteiger partial charge in [0, 0.05) is 17.7 Å². The lowest BCUT2D eigenvalue weighted by Crippen LogP contribution is -2.60. The van der Waals surface area contributed by atoms with Gasteiger partial charge >= 0.3 is 23.9 Å². The van der Waals surface area contributed by atoms with E-state index in [0.29, 0.717) is 0 Å². The first-order chi connectivity index (χ1) is 28.2. The number of aliphatic hydroxyl groups excluding tert-OH is 8. The number of rotatable bonds is 15.